The lowest BCUT2D eigenvalue weighted by atomic mass is 10.1. The van der Waals surface area contributed by atoms with Crippen molar-refractivity contribution in [2.45, 2.75) is 0 Å². The molecule has 102 valence electrons. The van der Waals surface area contributed by atoms with E-state index in [2.05, 4.69) is 16.8 Å². The summed E-state index contributed by atoms with van der Waals surface area (Å²) in [6.07, 6.45) is 1.27. The van der Waals surface area contributed by atoms with Gasteiger partial charge in [0, 0.05) is 37.4 Å². The largest absolute Gasteiger partial charge is 0.369 e. The van der Waals surface area contributed by atoms with Gasteiger partial charge in [-0.2, -0.15) is 10.5 Å². The highest BCUT2D eigenvalue weighted by Gasteiger charge is 2.15. The van der Waals surface area contributed by atoms with Crippen LogP contribution in [0, 0.1) is 28.5 Å². The molecule has 1 saturated heterocycles. The minimum atomic E-state index is -0.413. The minimum absolute atomic E-state index is 0.101. The zero-order valence-electron chi connectivity index (χ0n) is 11.3. The Morgan fingerprint density at radius 2 is 1.85 bits per heavy atom. The fraction of sp³-hybridized carbons (Fsp3) is 0.333. The molecule has 0 radical (unpaired) electrons. The first kappa shape index (κ1) is 14.0. The molecule has 0 saturated carbocycles. The molecule has 0 amide bonds. The SMILES string of the molecule is CN1CCN(c2ccc(C=C(C#N)C#N)c(F)c2)CC1. The molecule has 0 aliphatic carbocycles. The molecular formula is C15H15FN4. The van der Waals surface area contributed by atoms with E-state index in [1.165, 1.54) is 12.1 Å². The first-order chi connectivity index (χ1) is 9.63. The number of hydrogen-bond acceptors (Lipinski definition) is 4. The zero-order chi connectivity index (χ0) is 14.5. The van der Waals surface area contributed by atoms with Crippen molar-refractivity contribution in [3.8, 4) is 12.1 Å². The molecule has 4 nitrogen and oxygen atoms in total. The third-order valence-electron chi connectivity index (χ3n) is 3.39. The molecule has 0 bridgehead atoms. The average molecular weight is 270 g/mol. The molecule has 1 heterocycles. The lowest BCUT2D eigenvalue weighted by Crippen LogP contribution is -2.44. The van der Waals surface area contributed by atoms with Crippen molar-refractivity contribution in [1.82, 2.24) is 4.90 Å². The third kappa shape index (κ3) is 3.14. The van der Waals surface area contributed by atoms with Crippen molar-refractivity contribution in [3.05, 3.63) is 35.2 Å². The van der Waals surface area contributed by atoms with Crippen molar-refractivity contribution in [2.24, 2.45) is 0 Å². The number of anilines is 1. The van der Waals surface area contributed by atoms with Gasteiger partial charge in [0.05, 0.1) is 0 Å². The van der Waals surface area contributed by atoms with Crippen LogP contribution in [0.5, 0.6) is 0 Å². The summed E-state index contributed by atoms with van der Waals surface area (Å²) in [4.78, 5) is 4.36. The smallest absolute Gasteiger partial charge is 0.132 e. The highest BCUT2D eigenvalue weighted by Crippen LogP contribution is 2.21. The van der Waals surface area contributed by atoms with Gasteiger partial charge in [-0.1, -0.05) is 0 Å². The van der Waals surface area contributed by atoms with E-state index in [-0.39, 0.29) is 11.1 Å². The van der Waals surface area contributed by atoms with Crippen LogP contribution in [0.15, 0.2) is 23.8 Å². The van der Waals surface area contributed by atoms with Crippen molar-refractivity contribution in [3.63, 3.8) is 0 Å². The number of halogens is 1. The van der Waals surface area contributed by atoms with Crippen LogP contribution in [0.1, 0.15) is 5.56 Å². The van der Waals surface area contributed by atoms with Gasteiger partial charge >= 0.3 is 0 Å². The fourth-order valence-electron chi connectivity index (χ4n) is 2.14. The minimum Gasteiger partial charge on any atom is -0.369 e. The van der Waals surface area contributed by atoms with Gasteiger partial charge in [-0.05, 0) is 31.3 Å². The van der Waals surface area contributed by atoms with Crippen LogP contribution < -0.4 is 4.90 Å². The summed E-state index contributed by atoms with van der Waals surface area (Å²) in [6.45, 7) is 3.64. The lowest BCUT2D eigenvalue weighted by Gasteiger charge is -2.34. The molecule has 0 aromatic heterocycles. The third-order valence-corrected chi connectivity index (χ3v) is 3.39. The Bertz CT molecular complexity index is 585. The Morgan fingerprint density at radius 3 is 2.40 bits per heavy atom. The second-order valence-electron chi connectivity index (χ2n) is 4.78. The molecule has 0 unspecified atom stereocenters. The molecular weight excluding hydrogens is 255 g/mol. The predicted molar refractivity (Wildman–Crippen MR) is 75.3 cm³/mol. The maximum absolute atomic E-state index is 14.0. The maximum atomic E-state index is 14.0. The average Bonchev–Trinajstić information content (AvgIpc) is 2.47. The van der Waals surface area contributed by atoms with Gasteiger partial charge in [0.2, 0.25) is 0 Å². The van der Waals surface area contributed by atoms with Gasteiger partial charge in [0.25, 0.3) is 0 Å². The maximum Gasteiger partial charge on any atom is 0.132 e. The van der Waals surface area contributed by atoms with Gasteiger partial charge < -0.3 is 9.80 Å². The van der Waals surface area contributed by atoms with E-state index in [1.807, 2.05) is 6.07 Å². The number of likely N-dealkylation sites (N-methyl/N-ethyl adjacent to an activating group) is 1. The second-order valence-corrected chi connectivity index (χ2v) is 4.78. The predicted octanol–water partition coefficient (Wildman–Crippen LogP) is 2.01. The molecule has 1 aliphatic rings. The zero-order valence-corrected chi connectivity index (χ0v) is 11.3. The van der Waals surface area contributed by atoms with E-state index < -0.39 is 5.82 Å². The highest BCUT2D eigenvalue weighted by molar-refractivity contribution is 5.64. The van der Waals surface area contributed by atoms with Crippen molar-refractivity contribution >= 4 is 11.8 Å². The Labute approximate surface area is 117 Å². The number of benzene rings is 1. The number of nitrogens with zero attached hydrogens (tertiary/aromatic N) is 4. The monoisotopic (exact) mass is 270 g/mol. The molecule has 1 aromatic rings. The Hall–Kier alpha value is -2.37. The Balaban J connectivity index is 2.21. The number of piperazine rings is 1. The summed E-state index contributed by atoms with van der Waals surface area (Å²) >= 11 is 0. The molecule has 2 rings (SSSR count). The summed E-state index contributed by atoms with van der Waals surface area (Å²) in [5.41, 5.74) is 1.00. The van der Waals surface area contributed by atoms with E-state index >= 15 is 0 Å². The van der Waals surface area contributed by atoms with E-state index in [9.17, 15) is 4.39 Å². The van der Waals surface area contributed by atoms with Crippen LogP contribution in [0.25, 0.3) is 6.08 Å². The van der Waals surface area contributed by atoms with Gasteiger partial charge in [0.15, 0.2) is 0 Å². The molecule has 1 aromatic carbocycles. The van der Waals surface area contributed by atoms with Crippen LogP contribution in [0.4, 0.5) is 10.1 Å². The summed E-state index contributed by atoms with van der Waals surface area (Å²) in [5, 5.41) is 17.4. The lowest BCUT2D eigenvalue weighted by molar-refractivity contribution is 0.313. The topological polar surface area (TPSA) is 54.1 Å². The van der Waals surface area contributed by atoms with Crippen LogP contribution in [-0.4, -0.2) is 38.1 Å². The summed E-state index contributed by atoms with van der Waals surface area (Å²) < 4.78 is 14.0. The molecule has 5 heteroatoms. The van der Waals surface area contributed by atoms with Crippen LogP contribution in [-0.2, 0) is 0 Å². The van der Waals surface area contributed by atoms with Crippen LogP contribution in [0.3, 0.4) is 0 Å². The van der Waals surface area contributed by atoms with E-state index in [1.54, 1.807) is 18.2 Å². The van der Waals surface area contributed by atoms with Crippen molar-refractivity contribution in [2.75, 3.05) is 38.1 Å². The molecule has 20 heavy (non-hydrogen) atoms. The van der Waals surface area contributed by atoms with Crippen molar-refractivity contribution in [1.29, 1.82) is 10.5 Å². The second kappa shape index (κ2) is 6.18. The number of nitriles is 2. The van der Waals surface area contributed by atoms with E-state index in [0.29, 0.717) is 0 Å². The molecule has 1 aliphatic heterocycles. The normalized spacial score (nSPS) is 15.3. The molecule has 0 atom stereocenters. The van der Waals surface area contributed by atoms with E-state index in [4.69, 9.17) is 10.5 Å². The summed E-state index contributed by atoms with van der Waals surface area (Å²) in [5.74, 6) is -0.413. The number of hydrogen-bond donors (Lipinski definition) is 0. The van der Waals surface area contributed by atoms with Crippen LogP contribution >= 0.6 is 0 Å². The first-order valence-electron chi connectivity index (χ1n) is 6.39. The van der Waals surface area contributed by atoms with E-state index in [0.717, 1.165) is 31.9 Å². The van der Waals surface area contributed by atoms with Gasteiger partial charge in [-0.3, -0.25) is 0 Å². The van der Waals surface area contributed by atoms with Gasteiger partial charge in [-0.25, -0.2) is 4.39 Å². The molecule has 1 fully saturated rings. The van der Waals surface area contributed by atoms with Crippen molar-refractivity contribution < 1.29 is 4.39 Å². The standard InChI is InChI=1S/C15H15FN4/c1-19-4-6-20(7-5-19)14-3-2-13(15(16)9-14)8-12(10-17)11-18/h2-3,8-9H,4-7H2,1H3. The van der Waals surface area contributed by atoms with Crippen LogP contribution in [0.2, 0.25) is 0 Å². The fourth-order valence-corrected chi connectivity index (χ4v) is 2.14. The Kier molecular flexibility index (Phi) is 4.34. The number of allylic oxidation sites excluding steroid dienone is 1. The molecule has 0 N–H and O–H groups in total. The quantitative estimate of drug-likeness (QED) is 0.771. The number of rotatable bonds is 2. The van der Waals surface area contributed by atoms with Gasteiger partial charge in [-0.15, -0.1) is 0 Å². The highest BCUT2D eigenvalue weighted by atomic mass is 19.1. The summed E-state index contributed by atoms with van der Waals surface area (Å²) in [6, 6.07) is 8.35. The first-order valence-corrected chi connectivity index (χ1v) is 6.39. The molecule has 0 spiro atoms. The van der Waals surface area contributed by atoms with Gasteiger partial charge in [0.1, 0.15) is 23.5 Å². The summed E-state index contributed by atoms with van der Waals surface area (Å²) in [7, 11) is 2.07. The Morgan fingerprint density at radius 1 is 1.20 bits per heavy atom.